The lowest BCUT2D eigenvalue weighted by molar-refractivity contribution is -0.139. The molecule has 0 aliphatic carbocycles. The van der Waals surface area contributed by atoms with Gasteiger partial charge in [0.25, 0.3) is 5.91 Å². The highest BCUT2D eigenvalue weighted by Crippen LogP contribution is 2.21. The molecule has 0 aromatic heterocycles. The van der Waals surface area contributed by atoms with E-state index in [4.69, 9.17) is 11.6 Å². The average molecular weight is 462 g/mol. The first-order valence-electron chi connectivity index (χ1n) is 6.60. The molecule has 1 atom stereocenters. The zero-order valence-corrected chi connectivity index (χ0v) is 15.7. The molecular weight excluding hydrogens is 449 g/mol. The van der Waals surface area contributed by atoms with E-state index in [1.807, 2.05) is 12.1 Å². The summed E-state index contributed by atoms with van der Waals surface area (Å²) in [6.07, 6.45) is 0.181. The molecule has 2 aromatic carbocycles. The van der Waals surface area contributed by atoms with Crippen LogP contribution in [-0.4, -0.2) is 23.0 Å². The topological polar surface area (TPSA) is 66.4 Å². The highest BCUT2D eigenvalue weighted by Gasteiger charge is 2.22. The molecule has 0 spiro atoms. The Hall–Kier alpha value is -1.37. The molecule has 0 saturated carbocycles. The second-order valence-electron chi connectivity index (χ2n) is 4.82. The Balaban J connectivity index is 2.15. The number of carboxylic acids is 1. The van der Waals surface area contributed by atoms with Crippen molar-refractivity contribution < 1.29 is 14.7 Å². The minimum Gasteiger partial charge on any atom is -0.480 e. The number of amides is 1. The van der Waals surface area contributed by atoms with E-state index in [1.165, 1.54) is 0 Å². The maximum atomic E-state index is 12.3. The molecule has 2 rings (SSSR count). The second kappa shape index (κ2) is 7.95. The monoisotopic (exact) mass is 459 g/mol. The molecule has 0 radical (unpaired) electrons. The molecule has 0 aliphatic heterocycles. The van der Waals surface area contributed by atoms with Crippen molar-refractivity contribution in [2.45, 2.75) is 12.5 Å². The van der Waals surface area contributed by atoms with Crippen molar-refractivity contribution >= 4 is 55.3 Å². The van der Waals surface area contributed by atoms with Crippen molar-refractivity contribution in [3.8, 4) is 0 Å². The quantitative estimate of drug-likeness (QED) is 0.698. The Morgan fingerprint density at radius 3 is 2.30 bits per heavy atom. The zero-order valence-electron chi connectivity index (χ0n) is 11.7. The molecule has 23 heavy (non-hydrogen) atoms. The Labute approximate surface area is 155 Å². The van der Waals surface area contributed by atoms with Gasteiger partial charge in [-0.3, -0.25) is 4.79 Å². The van der Waals surface area contributed by atoms with Crippen LogP contribution in [-0.2, 0) is 11.2 Å². The van der Waals surface area contributed by atoms with Gasteiger partial charge in [-0.05, 0) is 35.9 Å². The number of aliphatic carboxylic acids is 1. The first-order chi connectivity index (χ1) is 10.9. The summed E-state index contributed by atoms with van der Waals surface area (Å²) in [5.41, 5.74) is 1.03. The third-order valence-corrected chi connectivity index (χ3v) is 4.48. The Morgan fingerprint density at radius 2 is 1.70 bits per heavy atom. The lowest BCUT2D eigenvalue weighted by Gasteiger charge is -2.15. The maximum absolute atomic E-state index is 12.3. The van der Waals surface area contributed by atoms with Crippen molar-refractivity contribution in [3.05, 3.63) is 67.6 Å². The van der Waals surface area contributed by atoms with E-state index in [1.54, 1.807) is 30.3 Å². The summed E-state index contributed by atoms with van der Waals surface area (Å²) in [5, 5.41) is 12.1. The molecule has 0 aliphatic rings. The van der Waals surface area contributed by atoms with E-state index in [0.29, 0.717) is 4.47 Å². The van der Waals surface area contributed by atoms with Crippen LogP contribution < -0.4 is 5.32 Å². The molecule has 0 fully saturated rings. The smallest absolute Gasteiger partial charge is 0.326 e. The van der Waals surface area contributed by atoms with Gasteiger partial charge >= 0.3 is 5.97 Å². The van der Waals surface area contributed by atoms with E-state index in [9.17, 15) is 14.7 Å². The lowest BCUT2D eigenvalue weighted by atomic mass is 10.1. The van der Waals surface area contributed by atoms with E-state index >= 15 is 0 Å². The second-order valence-corrected chi connectivity index (χ2v) is 7.06. The fourth-order valence-electron chi connectivity index (χ4n) is 1.96. The fraction of sp³-hybridized carbons (Fsp3) is 0.125. The molecule has 0 unspecified atom stereocenters. The number of benzene rings is 2. The summed E-state index contributed by atoms with van der Waals surface area (Å²) < 4.78 is 1.59. The summed E-state index contributed by atoms with van der Waals surface area (Å²) >= 11 is 12.6. The number of hydrogen-bond donors (Lipinski definition) is 2. The predicted octanol–water partition coefficient (Wildman–Crippen LogP) is 4.29. The molecule has 0 heterocycles. The Bertz CT molecular complexity index is 735. The highest BCUT2D eigenvalue weighted by atomic mass is 79.9. The Kier molecular flexibility index (Phi) is 6.21. The van der Waals surface area contributed by atoms with Crippen LogP contribution in [0.5, 0.6) is 0 Å². The molecule has 7 heteroatoms. The molecule has 0 saturated heterocycles. The van der Waals surface area contributed by atoms with Crippen LogP contribution in [0.2, 0.25) is 5.02 Å². The first kappa shape index (κ1) is 18.0. The van der Waals surface area contributed by atoms with Gasteiger partial charge in [0.2, 0.25) is 0 Å². The molecule has 2 aromatic rings. The van der Waals surface area contributed by atoms with Gasteiger partial charge in [0.05, 0.1) is 10.6 Å². The summed E-state index contributed by atoms with van der Waals surface area (Å²) in [5.74, 6) is -1.63. The molecular formula is C16H12Br2ClNO3. The van der Waals surface area contributed by atoms with Gasteiger partial charge in [-0.25, -0.2) is 4.79 Å². The van der Waals surface area contributed by atoms with Gasteiger partial charge in [0, 0.05) is 15.4 Å². The van der Waals surface area contributed by atoms with Crippen molar-refractivity contribution in [3.63, 3.8) is 0 Å². The third-order valence-electron chi connectivity index (χ3n) is 3.13. The van der Waals surface area contributed by atoms with E-state index < -0.39 is 17.9 Å². The Morgan fingerprint density at radius 1 is 1.09 bits per heavy atom. The summed E-state index contributed by atoms with van der Waals surface area (Å²) in [6.45, 7) is 0. The number of nitrogens with one attached hydrogen (secondary N) is 1. The largest absolute Gasteiger partial charge is 0.480 e. The van der Waals surface area contributed by atoms with Crippen LogP contribution >= 0.6 is 43.5 Å². The van der Waals surface area contributed by atoms with Crippen LogP contribution in [0, 0.1) is 0 Å². The zero-order chi connectivity index (χ0) is 17.0. The molecule has 1 amide bonds. The van der Waals surface area contributed by atoms with Crippen LogP contribution in [0.25, 0.3) is 0 Å². The average Bonchev–Trinajstić information content (AvgIpc) is 2.51. The van der Waals surface area contributed by atoms with Crippen LogP contribution in [0.4, 0.5) is 0 Å². The van der Waals surface area contributed by atoms with Crippen LogP contribution in [0.3, 0.4) is 0 Å². The maximum Gasteiger partial charge on any atom is 0.326 e. The van der Waals surface area contributed by atoms with Crippen molar-refractivity contribution in [2.24, 2.45) is 0 Å². The van der Waals surface area contributed by atoms with Crippen LogP contribution in [0.1, 0.15) is 15.9 Å². The van der Waals surface area contributed by atoms with Gasteiger partial charge in [-0.15, -0.1) is 0 Å². The molecule has 0 bridgehead atoms. The van der Waals surface area contributed by atoms with Gasteiger partial charge in [-0.2, -0.15) is 0 Å². The van der Waals surface area contributed by atoms with E-state index in [2.05, 4.69) is 37.2 Å². The minimum absolute atomic E-state index is 0.181. The highest BCUT2D eigenvalue weighted by molar-refractivity contribution is 9.10. The van der Waals surface area contributed by atoms with Gasteiger partial charge in [0.1, 0.15) is 6.04 Å². The lowest BCUT2D eigenvalue weighted by Crippen LogP contribution is -2.42. The number of carbonyl (C=O) groups is 2. The SMILES string of the molecule is O=C(N[C@@H](Cc1ccc(Br)cc1)C(=O)O)c1cc(Br)ccc1Cl. The predicted molar refractivity (Wildman–Crippen MR) is 95.9 cm³/mol. The van der Waals surface area contributed by atoms with E-state index in [-0.39, 0.29) is 17.0 Å². The molecule has 2 N–H and O–H groups in total. The molecule has 120 valence electrons. The van der Waals surface area contributed by atoms with Gasteiger partial charge < -0.3 is 10.4 Å². The first-order valence-corrected chi connectivity index (χ1v) is 8.56. The standard InChI is InChI=1S/C16H12Br2ClNO3/c17-10-3-1-9(2-4-10)7-14(16(22)23)20-15(21)12-8-11(18)5-6-13(12)19/h1-6,8,14H,7H2,(H,20,21)(H,22,23)/t14-/m0/s1. The number of carboxylic acid groups (broad SMARTS) is 1. The molecule has 4 nitrogen and oxygen atoms in total. The van der Waals surface area contributed by atoms with Crippen molar-refractivity contribution in [1.29, 1.82) is 0 Å². The van der Waals surface area contributed by atoms with Crippen molar-refractivity contribution in [2.75, 3.05) is 0 Å². The minimum atomic E-state index is -1.10. The third kappa shape index (κ3) is 5.06. The summed E-state index contributed by atoms with van der Waals surface area (Å²) in [6, 6.07) is 11.0. The number of rotatable bonds is 5. The van der Waals surface area contributed by atoms with Crippen molar-refractivity contribution in [1.82, 2.24) is 5.32 Å². The van der Waals surface area contributed by atoms with Crippen LogP contribution in [0.15, 0.2) is 51.4 Å². The summed E-state index contributed by atoms with van der Waals surface area (Å²) in [7, 11) is 0. The summed E-state index contributed by atoms with van der Waals surface area (Å²) in [4.78, 5) is 23.7. The number of carbonyl (C=O) groups excluding carboxylic acids is 1. The fourth-order valence-corrected chi connectivity index (χ4v) is 2.79. The normalized spacial score (nSPS) is 11.8. The van der Waals surface area contributed by atoms with Gasteiger partial charge in [-0.1, -0.05) is 55.6 Å². The van der Waals surface area contributed by atoms with Gasteiger partial charge in [0.15, 0.2) is 0 Å². The number of hydrogen-bond acceptors (Lipinski definition) is 2. The van der Waals surface area contributed by atoms with E-state index in [0.717, 1.165) is 10.0 Å². The number of halogens is 3.